The predicted octanol–water partition coefficient (Wildman–Crippen LogP) is 2.69. The van der Waals surface area contributed by atoms with Gasteiger partial charge in [-0.3, -0.25) is 4.79 Å². The molecule has 5 nitrogen and oxygen atoms in total. The van der Waals surface area contributed by atoms with Crippen LogP contribution in [0, 0.1) is 0 Å². The number of fused-ring (bicyclic) bond motifs is 1. The monoisotopic (exact) mass is 274 g/mol. The van der Waals surface area contributed by atoms with E-state index in [0.29, 0.717) is 16.8 Å². The molecule has 0 atom stereocenters. The summed E-state index contributed by atoms with van der Waals surface area (Å²) in [6.45, 7) is 2.11. The highest BCUT2D eigenvalue weighted by Gasteiger charge is 2.11. The maximum atomic E-state index is 11.8. The molecule has 0 amide bonds. The summed E-state index contributed by atoms with van der Waals surface area (Å²) in [5.74, 6) is 0.554. The van der Waals surface area contributed by atoms with Crippen LogP contribution in [0.1, 0.15) is 30.9 Å². The van der Waals surface area contributed by atoms with Gasteiger partial charge in [0.1, 0.15) is 5.75 Å². The van der Waals surface area contributed by atoms with Crippen molar-refractivity contribution in [3.05, 3.63) is 39.7 Å². The second kappa shape index (κ2) is 6.23. The van der Waals surface area contributed by atoms with Crippen LogP contribution in [0.25, 0.3) is 10.9 Å². The molecule has 0 saturated heterocycles. The molecular weight excluding hydrogens is 256 g/mol. The van der Waals surface area contributed by atoms with Gasteiger partial charge in [0.05, 0.1) is 24.4 Å². The van der Waals surface area contributed by atoms with E-state index in [9.17, 15) is 4.79 Å². The summed E-state index contributed by atoms with van der Waals surface area (Å²) < 4.78 is 5.24. The third-order valence-electron chi connectivity index (χ3n) is 3.31. The molecule has 0 saturated carbocycles. The summed E-state index contributed by atoms with van der Waals surface area (Å²) >= 11 is 0. The zero-order valence-corrected chi connectivity index (χ0v) is 11.6. The van der Waals surface area contributed by atoms with Gasteiger partial charge in [0.2, 0.25) is 5.56 Å². The third-order valence-corrected chi connectivity index (χ3v) is 3.31. The lowest BCUT2D eigenvalue weighted by molar-refractivity contribution is 0.321. The van der Waals surface area contributed by atoms with Crippen molar-refractivity contribution in [3.63, 3.8) is 0 Å². The van der Waals surface area contributed by atoms with Gasteiger partial charge in [0, 0.05) is 11.5 Å². The van der Waals surface area contributed by atoms with E-state index in [1.54, 1.807) is 6.07 Å². The number of H-pyrrole nitrogens is 1. The molecule has 20 heavy (non-hydrogen) atoms. The first-order chi connectivity index (χ1) is 9.71. The normalized spacial score (nSPS) is 11.3. The first-order valence-corrected chi connectivity index (χ1v) is 6.61. The number of oxime groups is 1. The van der Waals surface area contributed by atoms with E-state index in [0.717, 1.165) is 30.2 Å². The largest absolute Gasteiger partial charge is 0.496 e. The Kier molecular flexibility index (Phi) is 4.40. The number of ether oxygens (including phenoxy) is 1. The minimum atomic E-state index is -0.163. The number of nitrogens with zero attached hydrogens (tertiary/aromatic N) is 1. The van der Waals surface area contributed by atoms with Gasteiger partial charge in [-0.05, 0) is 30.5 Å². The van der Waals surface area contributed by atoms with Crippen molar-refractivity contribution in [2.24, 2.45) is 5.16 Å². The number of methoxy groups -OCH3 is 1. The van der Waals surface area contributed by atoms with Crippen LogP contribution in [0.5, 0.6) is 5.75 Å². The summed E-state index contributed by atoms with van der Waals surface area (Å²) in [5, 5.41) is 12.8. The Balaban J connectivity index is 2.73. The molecule has 0 bridgehead atoms. The number of aryl methyl sites for hydroxylation is 1. The molecule has 5 heteroatoms. The van der Waals surface area contributed by atoms with Crippen LogP contribution in [-0.4, -0.2) is 23.5 Å². The number of aromatic amines is 1. The van der Waals surface area contributed by atoms with E-state index < -0.39 is 0 Å². The van der Waals surface area contributed by atoms with Gasteiger partial charge in [0.15, 0.2) is 0 Å². The maximum Gasteiger partial charge on any atom is 0.248 e. The Morgan fingerprint density at radius 2 is 2.25 bits per heavy atom. The lowest BCUT2D eigenvalue weighted by atomic mass is 10.0. The van der Waals surface area contributed by atoms with Crippen molar-refractivity contribution in [2.45, 2.75) is 26.2 Å². The summed E-state index contributed by atoms with van der Waals surface area (Å²) in [7, 11) is 1.54. The van der Waals surface area contributed by atoms with Crippen LogP contribution in [0.3, 0.4) is 0 Å². The quantitative estimate of drug-likeness (QED) is 0.500. The first-order valence-electron chi connectivity index (χ1n) is 6.61. The molecular formula is C15H18N2O3. The van der Waals surface area contributed by atoms with Gasteiger partial charge in [-0.25, -0.2) is 0 Å². The van der Waals surface area contributed by atoms with Crippen LogP contribution < -0.4 is 10.3 Å². The molecule has 0 aliphatic heterocycles. The van der Waals surface area contributed by atoms with Crippen molar-refractivity contribution < 1.29 is 9.94 Å². The number of rotatable bonds is 5. The van der Waals surface area contributed by atoms with E-state index in [1.807, 2.05) is 12.1 Å². The topological polar surface area (TPSA) is 74.7 Å². The van der Waals surface area contributed by atoms with Gasteiger partial charge in [0.25, 0.3) is 0 Å². The van der Waals surface area contributed by atoms with Gasteiger partial charge in [-0.2, -0.15) is 0 Å². The number of unbranched alkanes of at least 4 members (excludes halogenated alkanes) is 1. The Morgan fingerprint density at radius 3 is 2.90 bits per heavy atom. The second-order valence-electron chi connectivity index (χ2n) is 4.61. The maximum absolute atomic E-state index is 11.8. The molecule has 2 aromatic rings. The smallest absolute Gasteiger partial charge is 0.248 e. The zero-order chi connectivity index (χ0) is 14.5. The van der Waals surface area contributed by atoms with Crippen LogP contribution in [0.4, 0.5) is 0 Å². The summed E-state index contributed by atoms with van der Waals surface area (Å²) in [4.78, 5) is 14.6. The van der Waals surface area contributed by atoms with Crippen LogP contribution in [0.2, 0.25) is 0 Å². The number of nitrogens with one attached hydrogen (secondary N) is 1. The fraction of sp³-hybridized carbons (Fsp3) is 0.333. The Hall–Kier alpha value is -2.30. The molecule has 0 spiro atoms. The second-order valence-corrected chi connectivity index (χ2v) is 4.61. The van der Waals surface area contributed by atoms with Gasteiger partial charge in [-0.15, -0.1) is 0 Å². The molecule has 1 aromatic heterocycles. The van der Waals surface area contributed by atoms with Crippen molar-refractivity contribution in [1.29, 1.82) is 0 Å². The average Bonchev–Trinajstić information content (AvgIpc) is 2.45. The SMILES string of the molecule is CCCCc1cc(=O)[nH]c2c(/C=N/O)c(OC)ccc12. The summed E-state index contributed by atoms with van der Waals surface area (Å²) in [5.41, 5.74) is 2.05. The standard InChI is InChI=1S/C15H18N2O3/c1-3-4-5-10-8-14(18)17-15-11(10)6-7-13(20-2)12(15)9-16-19/h6-9,19H,3-5H2,1-2H3,(H,17,18)/b16-9+. The molecule has 1 aromatic carbocycles. The fourth-order valence-corrected chi connectivity index (χ4v) is 2.34. The van der Waals surface area contributed by atoms with E-state index in [-0.39, 0.29) is 5.56 Å². The highest BCUT2D eigenvalue weighted by Crippen LogP contribution is 2.27. The number of hydrogen-bond donors (Lipinski definition) is 2. The van der Waals surface area contributed by atoms with Gasteiger partial charge >= 0.3 is 0 Å². The number of benzene rings is 1. The molecule has 2 N–H and O–H groups in total. The highest BCUT2D eigenvalue weighted by molar-refractivity contribution is 6.01. The lowest BCUT2D eigenvalue weighted by Crippen LogP contribution is -2.09. The van der Waals surface area contributed by atoms with Crippen molar-refractivity contribution in [3.8, 4) is 5.75 Å². The van der Waals surface area contributed by atoms with Crippen molar-refractivity contribution in [1.82, 2.24) is 4.98 Å². The van der Waals surface area contributed by atoms with Crippen LogP contribution in [-0.2, 0) is 6.42 Å². The molecule has 0 aliphatic carbocycles. The number of pyridine rings is 1. The van der Waals surface area contributed by atoms with Crippen LogP contribution >= 0.6 is 0 Å². The minimum Gasteiger partial charge on any atom is -0.496 e. The van der Waals surface area contributed by atoms with E-state index in [2.05, 4.69) is 17.1 Å². The Bertz CT molecular complexity index is 689. The Morgan fingerprint density at radius 1 is 1.45 bits per heavy atom. The van der Waals surface area contributed by atoms with E-state index >= 15 is 0 Å². The zero-order valence-electron chi connectivity index (χ0n) is 11.6. The molecule has 106 valence electrons. The summed E-state index contributed by atoms with van der Waals surface area (Å²) in [6, 6.07) is 5.36. The van der Waals surface area contributed by atoms with Crippen molar-refractivity contribution in [2.75, 3.05) is 7.11 Å². The molecule has 0 aliphatic rings. The number of hydrogen-bond acceptors (Lipinski definition) is 4. The first kappa shape index (κ1) is 14.1. The fourth-order valence-electron chi connectivity index (χ4n) is 2.34. The molecule has 1 heterocycles. The number of aromatic nitrogens is 1. The molecule has 0 radical (unpaired) electrons. The van der Waals surface area contributed by atoms with E-state index in [4.69, 9.17) is 9.94 Å². The third kappa shape index (κ3) is 2.66. The lowest BCUT2D eigenvalue weighted by Gasteiger charge is -2.11. The average molecular weight is 274 g/mol. The van der Waals surface area contributed by atoms with Gasteiger partial charge in [-0.1, -0.05) is 18.5 Å². The Labute approximate surface area is 116 Å². The molecule has 0 unspecified atom stereocenters. The molecule has 2 rings (SSSR count). The molecule has 0 fully saturated rings. The van der Waals surface area contributed by atoms with Gasteiger partial charge < -0.3 is 14.9 Å². The van der Waals surface area contributed by atoms with Crippen molar-refractivity contribution >= 4 is 17.1 Å². The van der Waals surface area contributed by atoms with E-state index in [1.165, 1.54) is 13.3 Å². The summed E-state index contributed by atoms with van der Waals surface area (Å²) in [6.07, 6.45) is 4.21. The highest BCUT2D eigenvalue weighted by atomic mass is 16.5. The minimum absolute atomic E-state index is 0.163. The predicted molar refractivity (Wildman–Crippen MR) is 79.1 cm³/mol. The van der Waals surface area contributed by atoms with Crippen LogP contribution in [0.15, 0.2) is 28.1 Å².